The molecule has 6 nitrogen and oxygen atoms in total. The number of carbonyl (C=O) groups excluding carboxylic acids is 1. The van der Waals surface area contributed by atoms with E-state index in [1.54, 1.807) is 18.2 Å². The molecule has 120 valence electrons. The van der Waals surface area contributed by atoms with Crippen molar-refractivity contribution in [3.63, 3.8) is 0 Å². The highest BCUT2D eigenvalue weighted by Gasteiger charge is 2.09. The van der Waals surface area contributed by atoms with Crippen LogP contribution in [0, 0.1) is 10.1 Å². The molecule has 0 heterocycles. The highest BCUT2D eigenvalue weighted by atomic mass is 16.6. The molecule has 0 saturated carbocycles. The van der Waals surface area contributed by atoms with Gasteiger partial charge in [-0.2, -0.15) is 0 Å². The number of hydrogen-bond acceptors (Lipinski definition) is 4. The Hall–Kier alpha value is -2.21. The normalized spacial score (nSPS) is 10.8. The minimum Gasteiger partial charge on any atom is -0.381 e. The van der Waals surface area contributed by atoms with Crippen molar-refractivity contribution in [3.8, 4) is 0 Å². The quantitative estimate of drug-likeness (QED) is 0.312. The van der Waals surface area contributed by atoms with Crippen molar-refractivity contribution < 1.29 is 14.5 Å². The van der Waals surface area contributed by atoms with Crippen LogP contribution < -0.4 is 5.32 Å². The topological polar surface area (TPSA) is 81.5 Å². The lowest BCUT2D eigenvalue weighted by atomic mass is 10.1. The monoisotopic (exact) mass is 306 g/mol. The molecule has 0 atom stereocenters. The predicted molar refractivity (Wildman–Crippen MR) is 85.5 cm³/mol. The highest BCUT2D eigenvalue weighted by Crippen LogP contribution is 2.18. The van der Waals surface area contributed by atoms with Crippen molar-refractivity contribution in [2.45, 2.75) is 26.2 Å². The lowest BCUT2D eigenvalue weighted by Gasteiger charge is -2.04. The molecule has 1 N–H and O–H groups in total. The third-order valence-electron chi connectivity index (χ3n) is 2.95. The summed E-state index contributed by atoms with van der Waals surface area (Å²) in [5.41, 5.74) is 0.390. The summed E-state index contributed by atoms with van der Waals surface area (Å²) in [4.78, 5) is 22.0. The van der Waals surface area contributed by atoms with Crippen LogP contribution in [0.1, 0.15) is 31.7 Å². The van der Waals surface area contributed by atoms with Gasteiger partial charge >= 0.3 is 0 Å². The Balaban J connectivity index is 2.32. The van der Waals surface area contributed by atoms with Gasteiger partial charge in [0.15, 0.2) is 0 Å². The highest BCUT2D eigenvalue weighted by molar-refractivity contribution is 5.92. The summed E-state index contributed by atoms with van der Waals surface area (Å²) in [5.74, 6) is -0.272. The molecule has 1 aromatic carbocycles. The first-order chi connectivity index (χ1) is 10.6. The van der Waals surface area contributed by atoms with Crippen molar-refractivity contribution in [2.24, 2.45) is 0 Å². The third-order valence-corrected chi connectivity index (χ3v) is 2.95. The Kier molecular flexibility index (Phi) is 8.52. The number of benzene rings is 1. The van der Waals surface area contributed by atoms with Crippen LogP contribution in [-0.2, 0) is 9.53 Å². The van der Waals surface area contributed by atoms with Gasteiger partial charge in [0, 0.05) is 31.9 Å². The van der Waals surface area contributed by atoms with Gasteiger partial charge in [0.1, 0.15) is 0 Å². The molecule has 0 bridgehead atoms. The van der Waals surface area contributed by atoms with Crippen molar-refractivity contribution in [2.75, 3.05) is 19.8 Å². The molecule has 0 spiro atoms. The van der Waals surface area contributed by atoms with Gasteiger partial charge in [-0.3, -0.25) is 14.9 Å². The zero-order valence-electron chi connectivity index (χ0n) is 12.8. The first-order valence-corrected chi connectivity index (χ1v) is 7.42. The van der Waals surface area contributed by atoms with Gasteiger partial charge < -0.3 is 10.1 Å². The SMILES string of the molecule is CCCCOCCCNC(=O)C=Cc1ccccc1[N+](=O)[O-]. The Morgan fingerprint density at radius 2 is 2.05 bits per heavy atom. The van der Waals surface area contributed by atoms with E-state index in [2.05, 4.69) is 12.2 Å². The maximum atomic E-state index is 11.6. The van der Waals surface area contributed by atoms with E-state index in [0.717, 1.165) is 25.9 Å². The number of nitro groups is 1. The van der Waals surface area contributed by atoms with Gasteiger partial charge in [-0.25, -0.2) is 0 Å². The Morgan fingerprint density at radius 3 is 2.77 bits per heavy atom. The van der Waals surface area contributed by atoms with E-state index in [1.165, 1.54) is 18.2 Å². The molecule has 0 fully saturated rings. The zero-order valence-corrected chi connectivity index (χ0v) is 12.8. The van der Waals surface area contributed by atoms with Crippen molar-refractivity contribution in [1.29, 1.82) is 0 Å². The molecule has 0 aliphatic heterocycles. The number of hydrogen-bond donors (Lipinski definition) is 1. The van der Waals surface area contributed by atoms with Crippen LogP contribution in [0.15, 0.2) is 30.3 Å². The van der Waals surface area contributed by atoms with Crippen LogP contribution in [0.25, 0.3) is 6.08 Å². The molecule has 0 saturated heterocycles. The van der Waals surface area contributed by atoms with Gasteiger partial charge in [0.2, 0.25) is 5.91 Å². The fourth-order valence-electron chi connectivity index (χ4n) is 1.75. The average Bonchev–Trinajstić information content (AvgIpc) is 2.52. The van der Waals surface area contributed by atoms with Crippen molar-refractivity contribution in [3.05, 3.63) is 46.0 Å². The Labute approximate surface area is 130 Å². The maximum absolute atomic E-state index is 11.6. The molecule has 0 aliphatic rings. The van der Waals surface area contributed by atoms with Crippen LogP contribution in [0.5, 0.6) is 0 Å². The zero-order chi connectivity index (χ0) is 16.2. The van der Waals surface area contributed by atoms with E-state index < -0.39 is 4.92 Å². The molecule has 0 aliphatic carbocycles. The molecule has 1 aromatic rings. The van der Waals surface area contributed by atoms with E-state index in [0.29, 0.717) is 18.7 Å². The number of nitrogens with zero attached hydrogens (tertiary/aromatic N) is 1. The maximum Gasteiger partial charge on any atom is 0.276 e. The Morgan fingerprint density at radius 1 is 1.32 bits per heavy atom. The second-order valence-corrected chi connectivity index (χ2v) is 4.76. The largest absolute Gasteiger partial charge is 0.381 e. The Bertz CT molecular complexity index is 515. The van der Waals surface area contributed by atoms with E-state index in [4.69, 9.17) is 4.74 Å². The molecular formula is C16H22N2O4. The molecule has 0 unspecified atom stereocenters. The molecule has 0 aromatic heterocycles. The second-order valence-electron chi connectivity index (χ2n) is 4.76. The number of carbonyl (C=O) groups is 1. The molecular weight excluding hydrogens is 284 g/mol. The molecule has 1 amide bonds. The lowest BCUT2D eigenvalue weighted by molar-refractivity contribution is -0.385. The minimum absolute atomic E-state index is 0.0177. The van der Waals surface area contributed by atoms with Crippen LogP contribution in [0.3, 0.4) is 0 Å². The number of amides is 1. The van der Waals surface area contributed by atoms with Crippen molar-refractivity contribution >= 4 is 17.7 Å². The van der Waals surface area contributed by atoms with Gasteiger partial charge in [-0.1, -0.05) is 25.5 Å². The van der Waals surface area contributed by atoms with Gasteiger partial charge in [-0.15, -0.1) is 0 Å². The third kappa shape index (κ3) is 6.99. The number of rotatable bonds is 10. The summed E-state index contributed by atoms with van der Waals surface area (Å²) in [6, 6.07) is 6.29. The summed E-state index contributed by atoms with van der Waals surface area (Å²) >= 11 is 0. The number of nitrogens with one attached hydrogen (secondary N) is 1. The van der Waals surface area contributed by atoms with E-state index in [-0.39, 0.29) is 11.6 Å². The first-order valence-electron chi connectivity index (χ1n) is 7.42. The van der Waals surface area contributed by atoms with Gasteiger partial charge in [0.25, 0.3) is 5.69 Å². The summed E-state index contributed by atoms with van der Waals surface area (Å²) in [7, 11) is 0. The second kappa shape index (κ2) is 10.5. The van der Waals surface area contributed by atoms with Crippen LogP contribution in [0.4, 0.5) is 5.69 Å². The van der Waals surface area contributed by atoms with Crippen LogP contribution in [-0.4, -0.2) is 30.6 Å². The summed E-state index contributed by atoms with van der Waals surface area (Å²) in [6.45, 7) is 4.00. The van der Waals surface area contributed by atoms with E-state index in [1.807, 2.05) is 0 Å². The summed E-state index contributed by atoms with van der Waals surface area (Å²) < 4.78 is 5.38. The smallest absolute Gasteiger partial charge is 0.276 e. The van der Waals surface area contributed by atoms with E-state index in [9.17, 15) is 14.9 Å². The number of unbranched alkanes of at least 4 members (excludes halogenated alkanes) is 1. The standard InChI is InChI=1S/C16H22N2O4/c1-2-3-12-22-13-6-11-17-16(19)10-9-14-7-4-5-8-15(14)18(20)21/h4-5,7-10H,2-3,6,11-13H2,1H3,(H,17,19). The van der Waals surface area contributed by atoms with E-state index >= 15 is 0 Å². The fourth-order valence-corrected chi connectivity index (χ4v) is 1.75. The average molecular weight is 306 g/mol. The molecule has 22 heavy (non-hydrogen) atoms. The predicted octanol–water partition coefficient (Wildman–Crippen LogP) is 2.93. The number of para-hydroxylation sites is 1. The summed E-state index contributed by atoms with van der Waals surface area (Å²) in [6.07, 6.45) is 5.65. The van der Waals surface area contributed by atoms with Crippen molar-refractivity contribution in [1.82, 2.24) is 5.32 Å². The van der Waals surface area contributed by atoms with Gasteiger partial charge in [-0.05, 0) is 25.0 Å². The molecule has 0 radical (unpaired) electrons. The van der Waals surface area contributed by atoms with Crippen LogP contribution >= 0.6 is 0 Å². The first kappa shape index (κ1) is 17.8. The summed E-state index contributed by atoms with van der Waals surface area (Å²) in [5, 5.41) is 13.6. The minimum atomic E-state index is -0.467. The number of nitro benzene ring substituents is 1. The molecule has 6 heteroatoms. The van der Waals surface area contributed by atoms with Crippen LogP contribution in [0.2, 0.25) is 0 Å². The molecule has 1 rings (SSSR count). The number of ether oxygens (including phenoxy) is 1. The lowest BCUT2D eigenvalue weighted by Crippen LogP contribution is -2.23. The fraction of sp³-hybridized carbons (Fsp3) is 0.438. The van der Waals surface area contributed by atoms with Gasteiger partial charge in [0.05, 0.1) is 10.5 Å².